The zero-order valence-corrected chi connectivity index (χ0v) is 7.67. The first-order chi connectivity index (χ1) is 6.68. The minimum Gasteiger partial charge on any atom is -0.272 e. The molecule has 0 spiro atoms. The molecule has 4 nitrogen and oxygen atoms in total. The van der Waals surface area contributed by atoms with Gasteiger partial charge in [-0.25, -0.2) is 13.8 Å². The van der Waals surface area contributed by atoms with E-state index in [0.717, 1.165) is 5.01 Å². The van der Waals surface area contributed by atoms with E-state index in [1.165, 1.54) is 17.5 Å². The highest BCUT2D eigenvalue weighted by Gasteiger charge is 2.31. The summed E-state index contributed by atoms with van der Waals surface area (Å²) in [7, 11) is 0. The Bertz CT molecular complexity index is 376. The van der Waals surface area contributed by atoms with Crippen LogP contribution in [0.2, 0.25) is 0 Å². The summed E-state index contributed by atoms with van der Waals surface area (Å²) in [6.45, 7) is 0. The summed E-state index contributed by atoms with van der Waals surface area (Å²) in [5.41, 5.74) is -0.398. The Morgan fingerprint density at radius 2 is 2.36 bits per heavy atom. The number of nitrogens with zero attached hydrogens (tertiary/aromatic N) is 3. The second-order valence-corrected chi connectivity index (χ2v) is 3.46. The highest BCUT2D eigenvalue weighted by Crippen LogP contribution is 2.23. The number of hydrogen-bond acceptors (Lipinski definition) is 4. The highest BCUT2D eigenvalue weighted by molar-refractivity contribution is 7.13. The molecule has 0 radical (unpaired) electrons. The minimum atomic E-state index is -2.68. The van der Waals surface area contributed by atoms with Gasteiger partial charge in [-0.1, -0.05) is 0 Å². The monoisotopic (exact) mass is 217 g/mol. The summed E-state index contributed by atoms with van der Waals surface area (Å²) in [6, 6.07) is 0. The van der Waals surface area contributed by atoms with Crippen molar-refractivity contribution in [2.24, 2.45) is 5.10 Å². The van der Waals surface area contributed by atoms with Crippen molar-refractivity contribution in [3.8, 4) is 0 Å². The van der Waals surface area contributed by atoms with E-state index >= 15 is 0 Å². The Labute approximate surface area is 81.9 Å². The molecule has 0 saturated heterocycles. The molecule has 0 bridgehead atoms. The van der Waals surface area contributed by atoms with Crippen molar-refractivity contribution >= 4 is 28.1 Å². The highest BCUT2D eigenvalue weighted by atomic mass is 32.1. The molecule has 0 saturated carbocycles. The molecule has 0 fully saturated rings. The van der Waals surface area contributed by atoms with Crippen molar-refractivity contribution in [2.45, 2.75) is 12.8 Å². The van der Waals surface area contributed by atoms with Crippen LogP contribution in [0, 0.1) is 0 Å². The molecule has 74 valence electrons. The summed E-state index contributed by atoms with van der Waals surface area (Å²) >= 11 is 1.18. The van der Waals surface area contributed by atoms with Crippen molar-refractivity contribution in [1.82, 2.24) is 4.98 Å². The number of hydrazone groups is 1. The summed E-state index contributed by atoms with van der Waals surface area (Å²) in [5, 5.41) is 6.41. The van der Waals surface area contributed by atoms with Gasteiger partial charge in [-0.15, -0.1) is 11.3 Å². The van der Waals surface area contributed by atoms with Gasteiger partial charge in [-0.05, 0) is 0 Å². The quantitative estimate of drug-likeness (QED) is 0.753. The van der Waals surface area contributed by atoms with Gasteiger partial charge in [0.05, 0.1) is 6.42 Å². The van der Waals surface area contributed by atoms with Crippen molar-refractivity contribution in [1.29, 1.82) is 0 Å². The summed E-state index contributed by atoms with van der Waals surface area (Å²) in [5.74, 6) is -0.463. The Kier molecular flexibility index (Phi) is 2.24. The summed E-state index contributed by atoms with van der Waals surface area (Å²) < 4.78 is 24.4. The third kappa shape index (κ3) is 1.50. The number of anilines is 1. The van der Waals surface area contributed by atoms with Crippen LogP contribution in [0.4, 0.5) is 13.9 Å². The molecule has 7 heteroatoms. The SMILES string of the molecule is O=C1CC(C(F)F)=NN1c1nccs1. The molecule has 2 rings (SSSR count). The lowest BCUT2D eigenvalue weighted by Crippen LogP contribution is -2.19. The van der Waals surface area contributed by atoms with Gasteiger partial charge in [-0.2, -0.15) is 10.1 Å². The second-order valence-electron chi connectivity index (χ2n) is 2.59. The molecule has 1 amide bonds. The Morgan fingerprint density at radius 1 is 1.57 bits per heavy atom. The molecule has 1 aromatic rings. The van der Waals surface area contributed by atoms with Crippen LogP contribution in [0.3, 0.4) is 0 Å². The number of carbonyl (C=O) groups excluding carboxylic acids is 1. The lowest BCUT2D eigenvalue weighted by atomic mass is 10.3. The Hall–Kier alpha value is -1.37. The fourth-order valence-corrected chi connectivity index (χ4v) is 1.65. The summed E-state index contributed by atoms with van der Waals surface area (Å²) in [4.78, 5) is 15.0. The van der Waals surface area contributed by atoms with Crippen LogP contribution in [0.15, 0.2) is 16.7 Å². The molecule has 0 unspecified atom stereocenters. The van der Waals surface area contributed by atoms with E-state index in [2.05, 4.69) is 10.1 Å². The third-order valence-corrected chi connectivity index (χ3v) is 2.40. The molecule has 0 N–H and O–H groups in total. The maximum absolute atomic E-state index is 12.2. The van der Waals surface area contributed by atoms with Crippen LogP contribution in [0.1, 0.15) is 6.42 Å². The van der Waals surface area contributed by atoms with E-state index in [1.807, 2.05) is 0 Å². The summed E-state index contributed by atoms with van der Waals surface area (Å²) in [6.07, 6.45) is -1.51. The molecular formula is C7H5F2N3OS. The number of aromatic nitrogens is 1. The van der Waals surface area contributed by atoms with Gasteiger partial charge >= 0.3 is 0 Å². The second kappa shape index (κ2) is 3.41. The maximum atomic E-state index is 12.2. The van der Waals surface area contributed by atoms with Crippen molar-refractivity contribution < 1.29 is 13.6 Å². The average Bonchev–Trinajstić information content (AvgIpc) is 2.71. The molecule has 2 heterocycles. The molecular weight excluding hydrogens is 212 g/mol. The molecule has 0 atom stereocenters. The normalized spacial score (nSPS) is 16.6. The number of carbonyl (C=O) groups is 1. The van der Waals surface area contributed by atoms with Crippen LogP contribution in [0.5, 0.6) is 0 Å². The third-order valence-electron chi connectivity index (χ3n) is 1.65. The molecule has 1 aliphatic heterocycles. The van der Waals surface area contributed by atoms with Crippen molar-refractivity contribution in [3.63, 3.8) is 0 Å². The van der Waals surface area contributed by atoms with E-state index in [4.69, 9.17) is 0 Å². The average molecular weight is 217 g/mol. The first kappa shape index (κ1) is 9.20. The van der Waals surface area contributed by atoms with E-state index in [1.54, 1.807) is 5.38 Å². The number of halogens is 2. The molecule has 14 heavy (non-hydrogen) atoms. The number of alkyl halides is 2. The topological polar surface area (TPSA) is 45.6 Å². The predicted molar refractivity (Wildman–Crippen MR) is 47.7 cm³/mol. The number of amides is 1. The maximum Gasteiger partial charge on any atom is 0.278 e. The van der Waals surface area contributed by atoms with Crippen molar-refractivity contribution in [2.75, 3.05) is 5.01 Å². The molecule has 1 aromatic heterocycles. The Balaban J connectivity index is 2.26. The van der Waals surface area contributed by atoms with E-state index in [9.17, 15) is 13.6 Å². The molecule has 0 aromatic carbocycles. The van der Waals surface area contributed by atoms with Gasteiger partial charge in [-0.3, -0.25) is 4.79 Å². The lowest BCUT2D eigenvalue weighted by Gasteiger charge is -2.05. The van der Waals surface area contributed by atoms with Crippen LogP contribution in [0.25, 0.3) is 0 Å². The molecule has 1 aliphatic rings. The predicted octanol–water partition coefficient (Wildman–Crippen LogP) is 1.50. The number of rotatable bonds is 2. The van der Waals surface area contributed by atoms with Crippen molar-refractivity contribution in [3.05, 3.63) is 11.6 Å². The Morgan fingerprint density at radius 3 is 2.86 bits per heavy atom. The van der Waals surface area contributed by atoms with Gasteiger partial charge in [0.25, 0.3) is 12.3 Å². The van der Waals surface area contributed by atoms with Gasteiger partial charge in [0.15, 0.2) is 0 Å². The first-order valence-corrected chi connectivity index (χ1v) is 4.64. The van der Waals surface area contributed by atoms with Crippen LogP contribution >= 0.6 is 11.3 Å². The van der Waals surface area contributed by atoms with E-state index in [-0.39, 0.29) is 6.42 Å². The van der Waals surface area contributed by atoms with E-state index < -0.39 is 18.0 Å². The largest absolute Gasteiger partial charge is 0.278 e. The van der Waals surface area contributed by atoms with Gasteiger partial charge in [0, 0.05) is 11.6 Å². The fraction of sp³-hybridized carbons (Fsp3) is 0.286. The van der Waals surface area contributed by atoms with E-state index in [0.29, 0.717) is 5.13 Å². The van der Waals surface area contributed by atoms with Gasteiger partial charge < -0.3 is 0 Å². The van der Waals surface area contributed by atoms with Crippen LogP contribution in [-0.2, 0) is 4.79 Å². The fourth-order valence-electron chi connectivity index (χ4n) is 1.04. The standard InChI is InChI=1S/C7H5F2N3OS/c8-6(9)4-3-5(13)12(11-4)7-10-1-2-14-7/h1-2,6H,3H2. The first-order valence-electron chi connectivity index (χ1n) is 3.76. The minimum absolute atomic E-state index is 0.322. The van der Waals surface area contributed by atoms with Crippen LogP contribution in [-0.4, -0.2) is 23.0 Å². The zero-order valence-electron chi connectivity index (χ0n) is 6.85. The van der Waals surface area contributed by atoms with Gasteiger partial charge in [0.1, 0.15) is 5.71 Å². The van der Waals surface area contributed by atoms with Crippen LogP contribution < -0.4 is 5.01 Å². The molecule has 0 aliphatic carbocycles. The lowest BCUT2D eigenvalue weighted by molar-refractivity contribution is -0.117. The number of hydrogen-bond donors (Lipinski definition) is 0. The van der Waals surface area contributed by atoms with Gasteiger partial charge in [0.2, 0.25) is 5.13 Å². The zero-order chi connectivity index (χ0) is 10.1. The number of thiazole rings is 1. The smallest absolute Gasteiger partial charge is 0.272 e.